The molecule has 10 aromatic rings. The van der Waals surface area contributed by atoms with E-state index in [1.807, 2.05) is 0 Å². The minimum Gasteiger partial charge on any atom is -0.455 e. The zero-order valence-electron chi connectivity index (χ0n) is 26.3. The van der Waals surface area contributed by atoms with Crippen LogP contribution in [-0.2, 0) is 0 Å². The number of benzene rings is 8. The van der Waals surface area contributed by atoms with E-state index in [-0.39, 0.29) is 0 Å². The van der Waals surface area contributed by atoms with Crippen molar-refractivity contribution < 1.29 is 4.42 Å². The summed E-state index contributed by atoms with van der Waals surface area (Å²) in [4.78, 5) is 15.2. The quantitative estimate of drug-likeness (QED) is 0.195. The van der Waals surface area contributed by atoms with Gasteiger partial charge in [0, 0.05) is 32.8 Å². The molecule has 0 amide bonds. The van der Waals surface area contributed by atoms with E-state index >= 15 is 0 Å². The largest absolute Gasteiger partial charge is 0.455 e. The van der Waals surface area contributed by atoms with Gasteiger partial charge in [0.1, 0.15) is 11.2 Å². The molecule has 49 heavy (non-hydrogen) atoms. The van der Waals surface area contributed by atoms with Crippen LogP contribution in [0.2, 0.25) is 0 Å². The zero-order chi connectivity index (χ0) is 32.3. The Balaban J connectivity index is 1.19. The molecule has 0 spiro atoms. The molecule has 2 aromatic heterocycles. The number of rotatable bonds is 4. The summed E-state index contributed by atoms with van der Waals surface area (Å²) in [6.07, 6.45) is 0. The highest BCUT2D eigenvalue weighted by Crippen LogP contribution is 2.42. The monoisotopic (exact) mass is 625 g/mol. The van der Waals surface area contributed by atoms with Gasteiger partial charge in [0.05, 0.1) is 0 Å². The van der Waals surface area contributed by atoms with E-state index in [1.54, 1.807) is 0 Å². The number of aromatic nitrogens is 3. The van der Waals surface area contributed by atoms with Gasteiger partial charge in [-0.3, -0.25) is 0 Å². The Kier molecular flexibility index (Phi) is 6.15. The maximum Gasteiger partial charge on any atom is 0.164 e. The molecule has 0 bridgehead atoms. The van der Waals surface area contributed by atoms with Gasteiger partial charge in [-0.15, -0.1) is 0 Å². The van der Waals surface area contributed by atoms with E-state index < -0.39 is 0 Å². The van der Waals surface area contributed by atoms with Crippen LogP contribution in [0.4, 0.5) is 0 Å². The number of fused-ring (bicyclic) bond motifs is 7. The van der Waals surface area contributed by atoms with Gasteiger partial charge in [0.25, 0.3) is 0 Å². The van der Waals surface area contributed by atoms with Crippen molar-refractivity contribution in [2.45, 2.75) is 0 Å². The van der Waals surface area contributed by atoms with Gasteiger partial charge >= 0.3 is 0 Å². The van der Waals surface area contributed by atoms with Crippen molar-refractivity contribution in [2.24, 2.45) is 0 Å². The summed E-state index contributed by atoms with van der Waals surface area (Å²) in [5.41, 5.74) is 6.72. The third-order valence-corrected chi connectivity index (χ3v) is 9.46. The van der Waals surface area contributed by atoms with E-state index in [4.69, 9.17) is 19.4 Å². The average Bonchev–Trinajstić information content (AvgIpc) is 3.57. The third-order valence-electron chi connectivity index (χ3n) is 9.46. The van der Waals surface area contributed by atoms with Gasteiger partial charge in [0.15, 0.2) is 17.5 Å². The first-order valence-corrected chi connectivity index (χ1v) is 16.4. The molecule has 228 valence electrons. The van der Waals surface area contributed by atoms with Crippen LogP contribution < -0.4 is 0 Å². The Bertz CT molecular complexity index is 2790. The molecule has 0 saturated carbocycles. The molecule has 0 aliphatic rings. The lowest BCUT2D eigenvalue weighted by molar-refractivity contribution is 0.673. The van der Waals surface area contributed by atoms with Gasteiger partial charge < -0.3 is 4.42 Å². The first kappa shape index (κ1) is 27.5. The summed E-state index contributed by atoms with van der Waals surface area (Å²) in [7, 11) is 0. The summed E-state index contributed by atoms with van der Waals surface area (Å²) in [5, 5.41) is 9.02. The van der Waals surface area contributed by atoms with Gasteiger partial charge in [-0.1, -0.05) is 133 Å². The molecule has 8 aromatic carbocycles. The predicted octanol–water partition coefficient (Wildman–Crippen LogP) is 11.9. The Labute approximate surface area is 282 Å². The summed E-state index contributed by atoms with van der Waals surface area (Å²) >= 11 is 0. The fourth-order valence-electron chi connectivity index (χ4n) is 7.02. The van der Waals surface area contributed by atoms with Crippen LogP contribution in [0.15, 0.2) is 168 Å². The topological polar surface area (TPSA) is 51.8 Å². The molecule has 0 aliphatic heterocycles. The van der Waals surface area contributed by atoms with Gasteiger partial charge in [0.2, 0.25) is 0 Å². The van der Waals surface area contributed by atoms with Gasteiger partial charge in [-0.2, -0.15) is 0 Å². The third kappa shape index (κ3) is 4.65. The van der Waals surface area contributed by atoms with Crippen molar-refractivity contribution in [1.82, 2.24) is 15.0 Å². The van der Waals surface area contributed by atoms with E-state index in [1.165, 1.54) is 10.8 Å². The molecule has 0 saturated heterocycles. The van der Waals surface area contributed by atoms with E-state index in [0.717, 1.165) is 71.3 Å². The Morgan fingerprint density at radius 1 is 0.347 bits per heavy atom. The molecular formula is C45H27N3O. The minimum atomic E-state index is 0.594. The fraction of sp³-hybridized carbons (Fsp3) is 0. The summed E-state index contributed by atoms with van der Waals surface area (Å²) < 4.78 is 6.74. The molecule has 0 radical (unpaired) electrons. The zero-order valence-corrected chi connectivity index (χ0v) is 26.3. The lowest BCUT2D eigenvalue weighted by Crippen LogP contribution is -2.00. The summed E-state index contributed by atoms with van der Waals surface area (Å²) in [6, 6.07) is 57.0. The second-order valence-electron chi connectivity index (χ2n) is 12.5. The van der Waals surface area contributed by atoms with Crippen LogP contribution in [0.1, 0.15) is 0 Å². The normalized spacial score (nSPS) is 11.7. The van der Waals surface area contributed by atoms with Crippen LogP contribution in [0.5, 0.6) is 0 Å². The first-order chi connectivity index (χ1) is 24.2. The highest BCUT2D eigenvalue weighted by molar-refractivity contribution is 6.21. The number of hydrogen-bond donors (Lipinski definition) is 0. The molecule has 0 unspecified atom stereocenters. The maximum atomic E-state index is 6.74. The molecule has 0 N–H and O–H groups in total. The summed E-state index contributed by atoms with van der Waals surface area (Å²) in [6.45, 7) is 0. The molecule has 0 aliphatic carbocycles. The molecule has 0 atom stereocenters. The van der Waals surface area contributed by atoms with Crippen LogP contribution in [0, 0.1) is 0 Å². The minimum absolute atomic E-state index is 0.594. The van der Waals surface area contributed by atoms with E-state index in [2.05, 4.69) is 164 Å². The number of nitrogens with zero attached hydrogens (tertiary/aromatic N) is 3. The highest BCUT2D eigenvalue weighted by atomic mass is 16.3. The number of hydrogen-bond acceptors (Lipinski definition) is 4. The Morgan fingerprint density at radius 2 is 0.857 bits per heavy atom. The predicted molar refractivity (Wildman–Crippen MR) is 201 cm³/mol. The van der Waals surface area contributed by atoms with Crippen molar-refractivity contribution in [2.75, 3.05) is 0 Å². The smallest absolute Gasteiger partial charge is 0.164 e. The molecular weight excluding hydrogens is 599 g/mol. The number of furan rings is 1. The van der Waals surface area contributed by atoms with Crippen molar-refractivity contribution in [1.29, 1.82) is 0 Å². The lowest BCUT2D eigenvalue weighted by Gasteiger charge is -2.10. The van der Waals surface area contributed by atoms with Crippen molar-refractivity contribution >= 4 is 54.3 Å². The fourth-order valence-corrected chi connectivity index (χ4v) is 7.02. The summed E-state index contributed by atoms with van der Waals surface area (Å²) in [5.74, 6) is 1.85. The van der Waals surface area contributed by atoms with E-state index in [9.17, 15) is 0 Å². The molecule has 0 fully saturated rings. The standard InChI is InChI=1S/C45H27N3O/c1-2-12-30(13-3-1)39-26-33-16-8-9-17-37(33)42-41(39)38-23-22-36(27-40(38)49-42)45-47-43(34-20-18-28-10-4-6-14-31(28)24-34)46-44(48-45)35-21-19-29-11-5-7-15-32(29)25-35/h1-27H. The SMILES string of the molecule is c1ccc(-c2cc3ccccc3c3oc4cc(-c5nc(-c6ccc7ccccc7c6)nc(-c6ccc7ccccc7c6)n5)ccc4c23)cc1. The Hall–Kier alpha value is -6.65. The van der Waals surface area contributed by atoms with Crippen LogP contribution >= 0.6 is 0 Å². The van der Waals surface area contributed by atoms with Crippen molar-refractivity contribution in [3.63, 3.8) is 0 Å². The average molecular weight is 626 g/mol. The van der Waals surface area contributed by atoms with Crippen molar-refractivity contribution in [3.8, 4) is 45.3 Å². The maximum absolute atomic E-state index is 6.74. The second kappa shape index (κ2) is 11.0. The van der Waals surface area contributed by atoms with Gasteiger partial charge in [-0.05, 0) is 68.4 Å². The first-order valence-electron chi connectivity index (χ1n) is 16.4. The van der Waals surface area contributed by atoms with Crippen LogP contribution in [0.3, 0.4) is 0 Å². The van der Waals surface area contributed by atoms with Crippen LogP contribution in [0.25, 0.3) is 99.5 Å². The highest BCUT2D eigenvalue weighted by Gasteiger charge is 2.19. The van der Waals surface area contributed by atoms with Crippen molar-refractivity contribution in [3.05, 3.63) is 164 Å². The second-order valence-corrected chi connectivity index (χ2v) is 12.5. The molecule has 4 nitrogen and oxygen atoms in total. The van der Waals surface area contributed by atoms with Crippen LogP contribution in [-0.4, -0.2) is 15.0 Å². The van der Waals surface area contributed by atoms with E-state index in [0.29, 0.717) is 17.5 Å². The Morgan fingerprint density at radius 3 is 1.49 bits per heavy atom. The molecule has 4 heteroatoms. The lowest BCUT2D eigenvalue weighted by atomic mass is 9.95. The van der Waals surface area contributed by atoms with Gasteiger partial charge in [-0.25, -0.2) is 15.0 Å². The molecule has 10 rings (SSSR count). The molecule has 2 heterocycles.